The van der Waals surface area contributed by atoms with Gasteiger partial charge in [0.2, 0.25) is 0 Å². The Labute approximate surface area is 54.5 Å². The van der Waals surface area contributed by atoms with Crippen LogP contribution in [0.25, 0.3) is 0 Å². The summed E-state index contributed by atoms with van der Waals surface area (Å²) in [5.41, 5.74) is 0. The summed E-state index contributed by atoms with van der Waals surface area (Å²) in [7, 11) is 0. The molecule has 0 unspecified atom stereocenters. The van der Waals surface area contributed by atoms with Gasteiger partial charge in [0, 0.05) is 0 Å². The number of nitrogens with one attached hydrogen (secondary N) is 1. The predicted molar refractivity (Wildman–Crippen MR) is 32.9 cm³/mol. The summed E-state index contributed by atoms with van der Waals surface area (Å²) in [5.74, 6) is 0. The predicted octanol–water partition coefficient (Wildman–Crippen LogP) is 0.318. The second-order valence-corrected chi connectivity index (χ2v) is 3.80. The third kappa shape index (κ3) is 1.11. The summed E-state index contributed by atoms with van der Waals surface area (Å²) in [6.07, 6.45) is 2.01. The third-order valence-corrected chi connectivity index (χ3v) is 2.99. The van der Waals surface area contributed by atoms with Gasteiger partial charge in [-0.25, -0.2) is 0 Å². The van der Waals surface area contributed by atoms with Crippen LogP contribution in [0.15, 0.2) is 10.5 Å². The van der Waals surface area contributed by atoms with Gasteiger partial charge >= 0.3 is 53.9 Å². The van der Waals surface area contributed by atoms with Crippen molar-refractivity contribution < 1.29 is 4.79 Å². The van der Waals surface area contributed by atoms with Crippen molar-refractivity contribution in [1.29, 1.82) is 0 Å². The Balaban J connectivity index is 2.56. The first-order valence-corrected chi connectivity index (χ1v) is 4.15. The van der Waals surface area contributed by atoms with Crippen LogP contribution in [0.3, 0.4) is 0 Å². The molecular formula is C5H7NOSe. The minimum atomic E-state index is 0.106. The molecule has 0 aromatic heterocycles. The zero-order chi connectivity index (χ0) is 5.98. The molecule has 0 atom stereocenters. The molecule has 0 aromatic rings. The fourth-order valence-electron chi connectivity index (χ4n) is 0.512. The average molecular weight is 176 g/mol. The Morgan fingerprint density at radius 3 is 2.88 bits per heavy atom. The van der Waals surface area contributed by atoms with Gasteiger partial charge in [0.05, 0.1) is 0 Å². The van der Waals surface area contributed by atoms with Crippen molar-refractivity contribution in [3.63, 3.8) is 0 Å². The van der Waals surface area contributed by atoms with E-state index in [0.717, 1.165) is 6.54 Å². The number of allylic oxidation sites excluding steroid dienone is 1. The van der Waals surface area contributed by atoms with Gasteiger partial charge in [-0.15, -0.1) is 0 Å². The summed E-state index contributed by atoms with van der Waals surface area (Å²) in [6, 6.07) is 0. The summed E-state index contributed by atoms with van der Waals surface area (Å²) < 4.78 is 1.27. The van der Waals surface area contributed by atoms with Crippen LogP contribution in [0.1, 0.15) is 6.92 Å². The molecule has 1 N–H and O–H groups in total. The molecule has 0 aliphatic carbocycles. The normalized spacial score (nSPS) is 24.1. The van der Waals surface area contributed by atoms with Gasteiger partial charge in [0.1, 0.15) is 0 Å². The van der Waals surface area contributed by atoms with Crippen molar-refractivity contribution >= 4 is 19.8 Å². The molecule has 1 saturated heterocycles. The summed E-state index contributed by atoms with van der Waals surface area (Å²) >= 11 is 0.106. The molecule has 8 heavy (non-hydrogen) atoms. The van der Waals surface area contributed by atoms with E-state index in [9.17, 15) is 4.79 Å². The van der Waals surface area contributed by atoms with Gasteiger partial charge < -0.3 is 0 Å². The Morgan fingerprint density at radius 2 is 2.62 bits per heavy atom. The van der Waals surface area contributed by atoms with E-state index < -0.39 is 0 Å². The van der Waals surface area contributed by atoms with Gasteiger partial charge in [-0.2, -0.15) is 0 Å². The van der Waals surface area contributed by atoms with E-state index in [0.29, 0.717) is 0 Å². The molecule has 1 rings (SSSR count). The van der Waals surface area contributed by atoms with Crippen LogP contribution in [0.2, 0.25) is 0 Å². The van der Waals surface area contributed by atoms with E-state index in [1.54, 1.807) is 0 Å². The van der Waals surface area contributed by atoms with E-state index >= 15 is 0 Å². The van der Waals surface area contributed by atoms with Crippen molar-refractivity contribution in [3.05, 3.63) is 10.5 Å². The van der Waals surface area contributed by atoms with Crippen LogP contribution in [0.5, 0.6) is 0 Å². The fraction of sp³-hybridized carbons (Fsp3) is 0.400. The van der Waals surface area contributed by atoms with Crippen LogP contribution in [-0.4, -0.2) is 26.3 Å². The average Bonchev–Trinajstić information content (AvgIpc) is 2.14. The molecular weight excluding hydrogens is 169 g/mol. The Bertz CT molecular complexity index is 141. The maximum absolute atomic E-state index is 10.5. The fourth-order valence-corrected chi connectivity index (χ4v) is 1.86. The monoisotopic (exact) mass is 177 g/mol. The molecule has 0 saturated carbocycles. The number of amides is 1. The molecule has 1 aliphatic heterocycles. The van der Waals surface area contributed by atoms with E-state index in [4.69, 9.17) is 0 Å². The summed E-state index contributed by atoms with van der Waals surface area (Å²) in [5, 5.41) is 2.74. The summed E-state index contributed by atoms with van der Waals surface area (Å²) in [4.78, 5) is 10.7. The van der Waals surface area contributed by atoms with Gasteiger partial charge in [0.15, 0.2) is 0 Å². The van der Waals surface area contributed by atoms with Crippen molar-refractivity contribution in [2.75, 3.05) is 6.54 Å². The van der Waals surface area contributed by atoms with E-state index in [1.165, 1.54) is 4.47 Å². The van der Waals surface area contributed by atoms with Gasteiger partial charge in [0.25, 0.3) is 0 Å². The molecule has 3 heteroatoms. The Hall–Kier alpha value is -0.271. The second kappa shape index (κ2) is 2.33. The van der Waals surface area contributed by atoms with Gasteiger partial charge in [-0.3, -0.25) is 0 Å². The molecule has 2 nitrogen and oxygen atoms in total. The number of carbonyl (C=O) groups excluding carboxylic acids is 1. The van der Waals surface area contributed by atoms with Crippen LogP contribution >= 0.6 is 0 Å². The van der Waals surface area contributed by atoms with Crippen molar-refractivity contribution in [2.24, 2.45) is 0 Å². The van der Waals surface area contributed by atoms with E-state index in [1.807, 2.05) is 13.0 Å². The summed E-state index contributed by atoms with van der Waals surface area (Å²) in [6.45, 7) is 2.76. The first-order valence-electron chi connectivity index (χ1n) is 2.44. The molecule has 0 aromatic carbocycles. The zero-order valence-electron chi connectivity index (χ0n) is 4.60. The molecule has 0 radical (unpaired) electrons. The van der Waals surface area contributed by atoms with E-state index in [2.05, 4.69) is 5.32 Å². The number of carbonyl (C=O) groups is 1. The second-order valence-electron chi connectivity index (χ2n) is 1.50. The molecule has 1 aliphatic rings. The van der Waals surface area contributed by atoms with Gasteiger partial charge in [-0.05, 0) is 0 Å². The Kier molecular flexibility index (Phi) is 1.71. The Morgan fingerprint density at radius 1 is 1.88 bits per heavy atom. The first-order chi connectivity index (χ1) is 3.83. The van der Waals surface area contributed by atoms with E-state index in [-0.39, 0.29) is 19.8 Å². The first kappa shape index (κ1) is 5.86. The zero-order valence-corrected chi connectivity index (χ0v) is 6.31. The van der Waals surface area contributed by atoms with Crippen LogP contribution < -0.4 is 5.32 Å². The van der Waals surface area contributed by atoms with Crippen LogP contribution in [0.4, 0.5) is 4.79 Å². The van der Waals surface area contributed by atoms with Gasteiger partial charge in [-0.1, -0.05) is 0 Å². The quantitative estimate of drug-likeness (QED) is 0.529. The standard InChI is InChI=1S/C5H7NOSe/c1-2-4-3-6-5(7)8-4/h2H,3H2,1H3,(H,6,7)/b4-2-. The third-order valence-electron chi connectivity index (χ3n) is 0.953. The topological polar surface area (TPSA) is 29.1 Å². The SMILES string of the molecule is C/C=C1/CNC(=O)[Se]1. The van der Waals surface area contributed by atoms with Crippen molar-refractivity contribution in [1.82, 2.24) is 5.32 Å². The van der Waals surface area contributed by atoms with Crippen molar-refractivity contribution in [2.45, 2.75) is 6.92 Å². The molecule has 1 heterocycles. The molecule has 0 spiro atoms. The minimum absolute atomic E-state index is 0.106. The molecule has 0 bridgehead atoms. The number of rotatable bonds is 0. The van der Waals surface area contributed by atoms with Crippen LogP contribution in [-0.2, 0) is 0 Å². The molecule has 1 amide bonds. The van der Waals surface area contributed by atoms with Crippen LogP contribution in [0, 0.1) is 0 Å². The number of hydrogen-bond acceptors (Lipinski definition) is 1. The van der Waals surface area contributed by atoms with Crippen molar-refractivity contribution in [3.8, 4) is 0 Å². The molecule has 1 fully saturated rings. The number of hydrogen-bond donors (Lipinski definition) is 1. The molecule has 44 valence electrons. The maximum atomic E-state index is 10.5.